The molecule has 41 heavy (non-hydrogen) atoms. The molecule has 2 rings (SSSR count). The van der Waals surface area contributed by atoms with Crippen LogP contribution in [0.4, 0.5) is 0 Å². The van der Waals surface area contributed by atoms with Crippen LogP contribution in [0.2, 0.25) is 0 Å². The van der Waals surface area contributed by atoms with Crippen LogP contribution in [0, 0.1) is 0 Å². The van der Waals surface area contributed by atoms with Crippen molar-refractivity contribution in [3.8, 4) is 16.9 Å². The summed E-state index contributed by atoms with van der Waals surface area (Å²) in [5.41, 5.74) is 3.73. The molecular formula is C39H64O2. The van der Waals surface area contributed by atoms with Gasteiger partial charge in [-0.1, -0.05) is 172 Å². The van der Waals surface area contributed by atoms with Crippen LogP contribution >= 0.6 is 0 Å². The largest absolute Gasteiger partial charge is 0.494 e. The van der Waals surface area contributed by atoms with Crippen molar-refractivity contribution in [1.29, 1.82) is 0 Å². The molecule has 0 aromatic heterocycles. The first-order valence-corrected chi connectivity index (χ1v) is 17.7. The molecule has 2 heteroatoms. The molecule has 1 unspecified atom stereocenters. The first-order chi connectivity index (χ1) is 20.2. The van der Waals surface area contributed by atoms with Gasteiger partial charge >= 0.3 is 0 Å². The Kier molecular flexibility index (Phi) is 21.4. The van der Waals surface area contributed by atoms with Gasteiger partial charge in [0, 0.05) is 6.61 Å². The molecular weight excluding hydrogens is 500 g/mol. The molecule has 0 fully saturated rings. The molecule has 0 radical (unpaired) electrons. The van der Waals surface area contributed by atoms with Gasteiger partial charge in [0.1, 0.15) is 5.75 Å². The van der Waals surface area contributed by atoms with Crippen LogP contribution < -0.4 is 4.74 Å². The van der Waals surface area contributed by atoms with Crippen LogP contribution in [0.5, 0.6) is 5.75 Å². The van der Waals surface area contributed by atoms with Crippen LogP contribution in [0.15, 0.2) is 48.5 Å². The Morgan fingerprint density at radius 3 is 1.24 bits per heavy atom. The summed E-state index contributed by atoms with van der Waals surface area (Å²) < 4.78 is 12.1. The molecule has 2 nitrogen and oxygen atoms in total. The fourth-order valence-corrected chi connectivity index (χ4v) is 5.59. The van der Waals surface area contributed by atoms with Gasteiger partial charge in [-0.2, -0.15) is 0 Å². The van der Waals surface area contributed by atoms with E-state index in [1.807, 2.05) is 0 Å². The van der Waals surface area contributed by atoms with Gasteiger partial charge in [0.15, 0.2) is 0 Å². The van der Waals surface area contributed by atoms with Gasteiger partial charge in [-0.3, -0.25) is 0 Å². The van der Waals surface area contributed by atoms with Gasteiger partial charge < -0.3 is 9.47 Å². The Hall–Kier alpha value is -1.80. The summed E-state index contributed by atoms with van der Waals surface area (Å²) in [6, 6.07) is 17.4. The average Bonchev–Trinajstić information content (AvgIpc) is 3.00. The van der Waals surface area contributed by atoms with Gasteiger partial charge in [0.25, 0.3) is 0 Å². The Bertz CT molecular complexity index is 826. The highest BCUT2D eigenvalue weighted by molar-refractivity contribution is 5.64. The van der Waals surface area contributed by atoms with Crippen molar-refractivity contribution in [2.45, 2.75) is 162 Å². The van der Waals surface area contributed by atoms with E-state index >= 15 is 0 Å². The normalized spacial score (nSPS) is 12.1. The van der Waals surface area contributed by atoms with E-state index in [1.165, 1.54) is 145 Å². The molecule has 0 N–H and O–H groups in total. The third-order valence-electron chi connectivity index (χ3n) is 8.45. The van der Waals surface area contributed by atoms with Crippen molar-refractivity contribution >= 4 is 0 Å². The minimum Gasteiger partial charge on any atom is -0.494 e. The van der Waals surface area contributed by atoms with E-state index in [2.05, 4.69) is 69.3 Å². The van der Waals surface area contributed by atoms with Crippen molar-refractivity contribution in [1.82, 2.24) is 0 Å². The predicted octanol–water partition coefficient (Wildman–Crippen LogP) is 13.0. The maximum Gasteiger partial charge on any atom is 0.119 e. The Balaban J connectivity index is 1.51. The van der Waals surface area contributed by atoms with Crippen LogP contribution in [-0.2, 0) is 4.74 Å². The first kappa shape index (κ1) is 35.4. The molecule has 0 bridgehead atoms. The second-order valence-electron chi connectivity index (χ2n) is 12.2. The van der Waals surface area contributed by atoms with E-state index < -0.39 is 0 Å². The number of rotatable bonds is 27. The lowest BCUT2D eigenvalue weighted by molar-refractivity contribution is 0.0627. The van der Waals surface area contributed by atoms with Gasteiger partial charge in [0.05, 0.1) is 12.7 Å². The van der Waals surface area contributed by atoms with Crippen molar-refractivity contribution in [3.63, 3.8) is 0 Å². The first-order valence-electron chi connectivity index (χ1n) is 17.7. The maximum atomic E-state index is 6.16. The molecule has 232 valence electrons. The highest BCUT2D eigenvalue weighted by Crippen LogP contribution is 2.26. The summed E-state index contributed by atoms with van der Waals surface area (Å²) in [6.45, 7) is 8.43. The van der Waals surface area contributed by atoms with Gasteiger partial charge in [-0.25, -0.2) is 0 Å². The van der Waals surface area contributed by atoms with E-state index in [9.17, 15) is 0 Å². The fourth-order valence-electron chi connectivity index (χ4n) is 5.59. The standard InChI is InChI=1S/C39H64O2/c1-4-6-8-10-12-14-15-16-17-18-20-21-23-33-40-35(3)36-25-27-37(28-26-36)38-29-31-39(32-30-38)41-34-24-22-19-13-11-9-7-5-2/h25-32,35H,4-24,33-34H2,1-3H3. The molecule has 0 aliphatic heterocycles. The topological polar surface area (TPSA) is 18.5 Å². The fraction of sp³-hybridized carbons (Fsp3) is 0.692. The maximum absolute atomic E-state index is 6.16. The molecule has 0 spiro atoms. The zero-order valence-corrected chi connectivity index (χ0v) is 27.3. The number of benzene rings is 2. The second kappa shape index (κ2) is 24.8. The monoisotopic (exact) mass is 564 g/mol. The minimum atomic E-state index is 0.147. The number of unbranched alkanes of at least 4 members (excludes halogenated alkanes) is 19. The highest BCUT2D eigenvalue weighted by Gasteiger charge is 2.07. The Morgan fingerprint density at radius 1 is 0.439 bits per heavy atom. The summed E-state index contributed by atoms with van der Waals surface area (Å²) >= 11 is 0. The number of hydrogen-bond donors (Lipinski definition) is 0. The average molecular weight is 565 g/mol. The third-order valence-corrected chi connectivity index (χ3v) is 8.45. The Labute approximate surface area is 255 Å². The zero-order valence-electron chi connectivity index (χ0n) is 27.3. The number of ether oxygens (including phenoxy) is 2. The molecule has 1 atom stereocenters. The van der Waals surface area contributed by atoms with Crippen molar-refractivity contribution in [2.75, 3.05) is 13.2 Å². The number of hydrogen-bond acceptors (Lipinski definition) is 2. The van der Waals surface area contributed by atoms with Crippen molar-refractivity contribution < 1.29 is 9.47 Å². The molecule has 2 aromatic carbocycles. The quantitative estimate of drug-likeness (QED) is 0.100. The molecule has 0 heterocycles. The van der Waals surface area contributed by atoms with E-state index in [-0.39, 0.29) is 6.10 Å². The molecule has 0 amide bonds. The third kappa shape index (κ3) is 17.7. The summed E-state index contributed by atoms with van der Waals surface area (Å²) in [5.74, 6) is 0.975. The zero-order chi connectivity index (χ0) is 29.2. The van der Waals surface area contributed by atoms with Gasteiger partial charge in [-0.05, 0) is 48.6 Å². The van der Waals surface area contributed by atoms with E-state index in [4.69, 9.17) is 9.47 Å². The molecule has 0 saturated carbocycles. The van der Waals surface area contributed by atoms with Crippen LogP contribution in [-0.4, -0.2) is 13.2 Å². The molecule has 0 aliphatic carbocycles. The van der Waals surface area contributed by atoms with E-state index in [1.54, 1.807) is 0 Å². The van der Waals surface area contributed by atoms with E-state index in [0.717, 1.165) is 25.4 Å². The second-order valence-corrected chi connectivity index (χ2v) is 12.2. The molecule has 2 aromatic rings. The molecule has 0 aliphatic rings. The SMILES string of the molecule is CCCCCCCCCCCCCCCOC(C)c1ccc(-c2ccc(OCCCCCCCCCC)cc2)cc1. The van der Waals surface area contributed by atoms with E-state index in [0.29, 0.717) is 0 Å². The van der Waals surface area contributed by atoms with Crippen LogP contribution in [0.1, 0.15) is 167 Å². The summed E-state index contributed by atoms with van der Waals surface area (Å²) in [5, 5.41) is 0. The van der Waals surface area contributed by atoms with Crippen LogP contribution in [0.25, 0.3) is 11.1 Å². The smallest absolute Gasteiger partial charge is 0.119 e. The van der Waals surface area contributed by atoms with Gasteiger partial charge in [-0.15, -0.1) is 0 Å². The lowest BCUT2D eigenvalue weighted by Crippen LogP contribution is -2.01. The highest BCUT2D eigenvalue weighted by atomic mass is 16.5. The molecule has 0 saturated heterocycles. The van der Waals surface area contributed by atoms with Crippen molar-refractivity contribution in [3.05, 3.63) is 54.1 Å². The lowest BCUT2D eigenvalue weighted by Gasteiger charge is -2.14. The van der Waals surface area contributed by atoms with Crippen LogP contribution in [0.3, 0.4) is 0 Å². The summed E-state index contributed by atoms with van der Waals surface area (Å²) in [7, 11) is 0. The summed E-state index contributed by atoms with van der Waals surface area (Å²) in [6.07, 6.45) is 28.8. The Morgan fingerprint density at radius 2 is 0.805 bits per heavy atom. The lowest BCUT2D eigenvalue weighted by atomic mass is 10.0. The minimum absolute atomic E-state index is 0.147. The van der Waals surface area contributed by atoms with Gasteiger partial charge in [0.2, 0.25) is 0 Å². The summed E-state index contributed by atoms with van der Waals surface area (Å²) in [4.78, 5) is 0. The predicted molar refractivity (Wildman–Crippen MR) is 180 cm³/mol. The van der Waals surface area contributed by atoms with Crippen molar-refractivity contribution in [2.24, 2.45) is 0 Å².